The fraction of sp³-hybridized carbons (Fsp3) is 0.231. The van der Waals surface area contributed by atoms with Crippen LogP contribution >= 0.6 is 39.3 Å². The summed E-state index contributed by atoms with van der Waals surface area (Å²) in [4.78, 5) is 11.3. The van der Waals surface area contributed by atoms with Crippen LogP contribution in [0.5, 0.6) is 11.5 Å². The van der Waals surface area contributed by atoms with Gasteiger partial charge in [-0.15, -0.1) is 10.2 Å². The number of nitrogens with zero attached hydrogens (tertiary/aromatic N) is 4. The van der Waals surface area contributed by atoms with Crippen molar-refractivity contribution in [3.05, 3.63) is 103 Å². The van der Waals surface area contributed by atoms with E-state index in [1.165, 1.54) is 18.9 Å². The van der Waals surface area contributed by atoms with Crippen LogP contribution in [0.15, 0.2) is 70.3 Å². The lowest BCUT2D eigenvalue weighted by atomic mass is 10.1. The quantitative estimate of drug-likeness (QED) is 0.109. The fourth-order valence-corrected chi connectivity index (χ4v) is 5.71. The van der Waals surface area contributed by atoms with Crippen LogP contribution in [0.1, 0.15) is 27.8 Å². The molecule has 0 unspecified atom stereocenters. The zero-order valence-electron chi connectivity index (χ0n) is 20.4. The molecule has 0 radical (unpaired) electrons. The standard InChI is InChI=1S/C26H24BrClN4O4S/c1-16-7-6-9-20(11-16)32-17(2)29-30-26(32)37-24(14-31(33)34)19-12-21(27)25(23(13-19)35-3)36-15-18-8-4-5-10-22(18)28/h4-13,24H,14-15H2,1-3H3/t24-/m1/s1. The Kier molecular flexibility index (Phi) is 8.73. The minimum absolute atomic E-state index is 0.236. The van der Waals surface area contributed by atoms with E-state index in [9.17, 15) is 10.1 Å². The van der Waals surface area contributed by atoms with Crippen molar-refractivity contribution in [3.63, 3.8) is 0 Å². The Bertz CT molecular complexity index is 1430. The second-order valence-corrected chi connectivity index (χ2v) is 10.7. The number of methoxy groups -OCH3 is 1. The van der Waals surface area contributed by atoms with E-state index < -0.39 is 5.25 Å². The van der Waals surface area contributed by atoms with E-state index in [2.05, 4.69) is 26.1 Å². The molecule has 0 aliphatic carbocycles. The average molecular weight is 604 g/mol. The van der Waals surface area contributed by atoms with Gasteiger partial charge in [0.15, 0.2) is 16.7 Å². The minimum Gasteiger partial charge on any atom is -0.493 e. The maximum Gasteiger partial charge on any atom is 0.220 e. The van der Waals surface area contributed by atoms with Crippen molar-refractivity contribution in [2.45, 2.75) is 30.9 Å². The van der Waals surface area contributed by atoms with Gasteiger partial charge < -0.3 is 9.47 Å². The second-order valence-electron chi connectivity index (χ2n) is 8.24. The summed E-state index contributed by atoms with van der Waals surface area (Å²) >= 11 is 11.1. The largest absolute Gasteiger partial charge is 0.493 e. The first-order chi connectivity index (χ1) is 17.8. The molecular formula is C26H24BrClN4O4S. The number of aromatic nitrogens is 3. The molecule has 192 valence electrons. The van der Waals surface area contributed by atoms with Crippen LogP contribution in [0.2, 0.25) is 5.02 Å². The molecule has 0 spiro atoms. The van der Waals surface area contributed by atoms with Gasteiger partial charge in [-0.25, -0.2) is 0 Å². The molecule has 1 aromatic heterocycles. The topological polar surface area (TPSA) is 92.3 Å². The second kappa shape index (κ2) is 12.0. The fourth-order valence-electron chi connectivity index (χ4n) is 3.79. The molecule has 1 atom stereocenters. The Morgan fingerprint density at radius 1 is 1.14 bits per heavy atom. The van der Waals surface area contributed by atoms with Crippen molar-refractivity contribution in [3.8, 4) is 17.2 Å². The van der Waals surface area contributed by atoms with Gasteiger partial charge in [0.05, 0.1) is 11.6 Å². The van der Waals surface area contributed by atoms with Gasteiger partial charge in [-0.2, -0.15) is 0 Å². The van der Waals surface area contributed by atoms with Crippen LogP contribution in [0.4, 0.5) is 0 Å². The van der Waals surface area contributed by atoms with Gasteiger partial charge in [-0.3, -0.25) is 14.7 Å². The van der Waals surface area contributed by atoms with Gasteiger partial charge >= 0.3 is 0 Å². The van der Waals surface area contributed by atoms with E-state index in [1.807, 2.05) is 66.9 Å². The van der Waals surface area contributed by atoms with Crippen LogP contribution in [-0.2, 0) is 6.61 Å². The molecule has 11 heteroatoms. The molecule has 0 N–H and O–H groups in total. The van der Waals surface area contributed by atoms with Gasteiger partial charge in [-0.1, -0.05) is 53.7 Å². The molecule has 0 saturated heterocycles. The van der Waals surface area contributed by atoms with Crippen molar-refractivity contribution in [2.75, 3.05) is 13.7 Å². The average Bonchev–Trinajstić information content (AvgIpc) is 3.22. The first kappa shape index (κ1) is 27.0. The Hall–Kier alpha value is -3.08. The van der Waals surface area contributed by atoms with Crippen molar-refractivity contribution in [1.82, 2.24) is 14.8 Å². The molecule has 0 bridgehead atoms. The molecule has 0 fully saturated rings. The molecule has 4 rings (SSSR count). The SMILES string of the molecule is COc1cc([C@@H](C[N+](=O)[O-])Sc2nnc(C)n2-c2cccc(C)c2)cc(Br)c1OCc1ccccc1Cl. The molecule has 0 saturated carbocycles. The van der Waals surface area contributed by atoms with Crippen LogP contribution in [-0.4, -0.2) is 33.3 Å². The Balaban J connectivity index is 1.66. The van der Waals surface area contributed by atoms with Crippen LogP contribution < -0.4 is 9.47 Å². The first-order valence-corrected chi connectivity index (χ1v) is 13.3. The molecular weight excluding hydrogens is 580 g/mol. The summed E-state index contributed by atoms with van der Waals surface area (Å²) in [5.74, 6) is 1.62. The highest BCUT2D eigenvalue weighted by molar-refractivity contribution is 9.10. The molecule has 1 heterocycles. The van der Waals surface area contributed by atoms with Crippen LogP contribution in [0.3, 0.4) is 0 Å². The summed E-state index contributed by atoms with van der Waals surface area (Å²) < 4.78 is 14.1. The number of ether oxygens (including phenoxy) is 2. The number of hydrogen-bond acceptors (Lipinski definition) is 7. The molecule has 0 aliphatic heterocycles. The molecule has 3 aromatic carbocycles. The molecule has 4 aromatic rings. The molecule has 0 amide bonds. The van der Waals surface area contributed by atoms with E-state index in [0.717, 1.165) is 16.8 Å². The smallest absolute Gasteiger partial charge is 0.220 e. The highest BCUT2D eigenvalue weighted by Gasteiger charge is 2.26. The van der Waals surface area contributed by atoms with Gasteiger partial charge in [-0.05, 0) is 71.2 Å². The highest BCUT2D eigenvalue weighted by Crippen LogP contribution is 2.43. The summed E-state index contributed by atoms with van der Waals surface area (Å²) in [6.07, 6.45) is 0. The van der Waals surface area contributed by atoms with E-state index in [0.29, 0.717) is 37.5 Å². The summed E-state index contributed by atoms with van der Waals surface area (Å²) in [5.41, 5.74) is 3.50. The zero-order valence-corrected chi connectivity index (χ0v) is 23.5. The maximum absolute atomic E-state index is 11.6. The Labute approximate surface area is 232 Å². The number of halogens is 2. The number of aryl methyl sites for hydroxylation is 2. The Morgan fingerprint density at radius 2 is 1.92 bits per heavy atom. The van der Waals surface area contributed by atoms with Gasteiger partial charge in [0.2, 0.25) is 6.54 Å². The number of benzene rings is 3. The zero-order chi connectivity index (χ0) is 26.5. The highest BCUT2D eigenvalue weighted by atomic mass is 79.9. The van der Waals surface area contributed by atoms with Gasteiger partial charge in [0, 0.05) is 21.2 Å². The Morgan fingerprint density at radius 3 is 2.62 bits per heavy atom. The molecule has 0 aliphatic rings. The van der Waals surface area contributed by atoms with Crippen molar-refractivity contribution < 1.29 is 14.4 Å². The van der Waals surface area contributed by atoms with E-state index in [-0.39, 0.29) is 18.1 Å². The summed E-state index contributed by atoms with van der Waals surface area (Å²) in [6.45, 7) is 3.77. The van der Waals surface area contributed by atoms with Crippen molar-refractivity contribution in [2.24, 2.45) is 0 Å². The number of hydrogen-bond donors (Lipinski definition) is 0. The summed E-state index contributed by atoms with van der Waals surface area (Å²) in [7, 11) is 1.53. The van der Waals surface area contributed by atoms with Crippen LogP contribution in [0, 0.1) is 24.0 Å². The third-order valence-corrected chi connectivity index (χ3v) is 7.71. The molecule has 8 nitrogen and oxygen atoms in total. The summed E-state index contributed by atoms with van der Waals surface area (Å²) in [5, 5.41) is 20.8. The predicted octanol–water partition coefficient (Wildman–Crippen LogP) is 7.00. The van der Waals surface area contributed by atoms with Gasteiger partial charge in [0.1, 0.15) is 17.7 Å². The lowest BCUT2D eigenvalue weighted by molar-refractivity contribution is -0.479. The minimum atomic E-state index is -0.565. The van der Waals surface area contributed by atoms with Crippen molar-refractivity contribution in [1.29, 1.82) is 0 Å². The van der Waals surface area contributed by atoms with E-state index in [4.69, 9.17) is 21.1 Å². The first-order valence-electron chi connectivity index (χ1n) is 11.3. The predicted molar refractivity (Wildman–Crippen MR) is 148 cm³/mol. The number of rotatable bonds is 10. The lowest BCUT2D eigenvalue weighted by Gasteiger charge is -2.18. The number of thioether (sulfide) groups is 1. The normalized spacial score (nSPS) is 11.8. The summed E-state index contributed by atoms with van der Waals surface area (Å²) in [6, 6.07) is 18.9. The number of nitro groups is 1. The monoisotopic (exact) mass is 602 g/mol. The van der Waals surface area contributed by atoms with E-state index in [1.54, 1.807) is 12.1 Å². The third kappa shape index (κ3) is 6.44. The van der Waals surface area contributed by atoms with Crippen LogP contribution in [0.25, 0.3) is 5.69 Å². The van der Waals surface area contributed by atoms with Crippen molar-refractivity contribution >= 4 is 39.3 Å². The third-order valence-electron chi connectivity index (χ3n) is 5.57. The van der Waals surface area contributed by atoms with Gasteiger partial charge in [0.25, 0.3) is 0 Å². The molecule has 37 heavy (non-hydrogen) atoms. The maximum atomic E-state index is 11.6. The van der Waals surface area contributed by atoms with E-state index >= 15 is 0 Å². The lowest BCUT2D eigenvalue weighted by Crippen LogP contribution is -2.12.